The highest BCUT2D eigenvalue weighted by Crippen LogP contribution is 2.23. The lowest BCUT2D eigenvalue weighted by Gasteiger charge is -2.06. The Morgan fingerprint density at radius 2 is 2.15 bits per heavy atom. The molecule has 0 spiro atoms. The van der Waals surface area contributed by atoms with E-state index in [-0.39, 0.29) is 12.3 Å². The van der Waals surface area contributed by atoms with Gasteiger partial charge in [0.05, 0.1) is 45.5 Å². The molecule has 1 amide bonds. The van der Waals surface area contributed by atoms with Crippen molar-refractivity contribution in [2.45, 2.75) is 19.9 Å². The number of nitrogens with zero attached hydrogens (tertiary/aromatic N) is 4. The van der Waals surface area contributed by atoms with Crippen LogP contribution in [0, 0.1) is 6.92 Å². The van der Waals surface area contributed by atoms with Gasteiger partial charge in [-0.05, 0) is 24.6 Å². The lowest BCUT2D eigenvalue weighted by Crippen LogP contribution is -2.15. The Hall–Kier alpha value is -2.29. The van der Waals surface area contributed by atoms with Gasteiger partial charge < -0.3 is 5.32 Å². The van der Waals surface area contributed by atoms with Crippen molar-refractivity contribution in [3.05, 3.63) is 56.3 Å². The number of carbonyl (C=O) groups is 2. The number of amides is 1. The van der Waals surface area contributed by atoms with Crippen molar-refractivity contribution in [3.8, 4) is 0 Å². The molecule has 0 aliphatic rings. The van der Waals surface area contributed by atoms with Gasteiger partial charge in [-0.25, -0.2) is 9.67 Å². The van der Waals surface area contributed by atoms with E-state index in [4.69, 9.17) is 23.2 Å². The van der Waals surface area contributed by atoms with Gasteiger partial charge in [-0.15, -0.1) is 5.10 Å². The zero-order valence-corrected chi connectivity index (χ0v) is 15.9. The molecule has 7 nitrogen and oxygen atoms in total. The Labute approximate surface area is 163 Å². The molecule has 0 fully saturated rings. The topological polar surface area (TPSA) is 89.8 Å². The van der Waals surface area contributed by atoms with E-state index in [1.807, 2.05) is 13.0 Å². The number of rotatable bonds is 6. The standard InChI is InChI=1S/C16H13Cl2N5O2S/c1-9-14(5-15(25)20-16-19-6-11(8-24)26-16)21-22-23(9)7-10-2-3-12(17)13(18)4-10/h2-4,6,8H,5,7H2,1H3,(H,19,20,25). The number of hydrogen-bond donors (Lipinski definition) is 1. The molecule has 2 aromatic heterocycles. The van der Waals surface area contributed by atoms with Crippen LogP contribution in [-0.2, 0) is 17.8 Å². The van der Waals surface area contributed by atoms with Gasteiger partial charge in [0.15, 0.2) is 11.4 Å². The molecule has 1 N–H and O–H groups in total. The fraction of sp³-hybridized carbons (Fsp3) is 0.188. The quantitative estimate of drug-likeness (QED) is 0.630. The molecule has 3 rings (SSSR count). The molecule has 0 atom stereocenters. The number of hydrogen-bond acceptors (Lipinski definition) is 6. The maximum absolute atomic E-state index is 12.1. The average Bonchev–Trinajstić information content (AvgIpc) is 3.19. The summed E-state index contributed by atoms with van der Waals surface area (Å²) < 4.78 is 1.69. The molecule has 0 aliphatic heterocycles. The molecule has 0 saturated carbocycles. The third kappa shape index (κ3) is 4.27. The van der Waals surface area contributed by atoms with Crippen LogP contribution in [0.1, 0.15) is 26.6 Å². The summed E-state index contributed by atoms with van der Waals surface area (Å²) in [5.41, 5.74) is 2.27. The van der Waals surface area contributed by atoms with E-state index in [1.165, 1.54) is 6.20 Å². The Morgan fingerprint density at radius 1 is 1.35 bits per heavy atom. The van der Waals surface area contributed by atoms with Gasteiger partial charge in [-0.3, -0.25) is 9.59 Å². The van der Waals surface area contributed by atoms with Gasteiger partial charge in [0, 0.05) is 0 Å². The van der Waals surface area contributed by atoms with Crippen LogP contribution >= 0.6 is 34.5 Å². The number of benzene rings is 1. The van der Waals surface area contributed by atoms with Crippen molar-refractivity contribution < 1.29 is 9.59 Å². The highest BCUT2D eigenvalue weighted by atomic mass is 35.5. The summed E-state index contributed by atoms with van der Waals surface area (Å²) in [7, 11) is 0. The summed E-state index contributed by atoms with van der Waals surface area (Å²) >= 11 is 13.1. The van der Waals surface area contributed by atoms with Crippen LogP contribution in [-0.4, -0.2) is 32.2 Å². The van der Waals surface area contributed by atoms with Crippen molar-refractivity contribution in [1.29, 1.82) is 0 Å². The molecule has 0 unspecified atom stereocenters. The van der Waals surface area contributed by atoms with Crippen LogP contribution in [0.4, 0.5) is 5.13 Å². The first-order chi connectivity index (χ1) is 12.5. The highest BCUT2D eigenvalue weighted by Gasteiger charge is 2.14. The van der Waals surface area contributed by atoms with Crippen LogP contribution in [0.3, 0.4) is 0 Å². The minimum Gasteiger partial charge on any atom is -0.302 e. The molecule has 3 aromatic rings. The molecule has 2 heterocycles. The second-order valence-corrected chi connectivity index (χ2v) is 7.31. The number of nitrogens with one attached hydrogen (secondary N) is 1. The third-order valence-corrected chi connectivity index (χ3v) is 5.19. The summed E-state index contributed by atoms with van der Waals surface area (Å²) in [5, 5.41) is 12.1. The summed E-state index contributed by atoms with van der Waals surface area (Å²) in [5.74, 6) is -0.276. The Bertz CT molecular complexity index is 969. The molecule has 0 radical (unpaired) electrons. The summed E-state index contributed by atoms with van der Waals surface area (Å²) in [6.45, 7) is 2.31. The van der Waals surface area contributed by atoms with Crippen molar-refractivity contribution in [2.75, 3.05) is 5.32 Å². The van der Waals surface area contributed by atoms with Gasteiger partial charge in [0.2, 0.25) is 5.91 Å². The molecule has 134 valence electrons. The van der Waals surface area contributed by atoms with E-state index in [9.17, 15) is 9.59 Å². The first-order valence-corrected chi connectivity index (χ1v) is 9.07. The predicted molar refractivity (Wildman–Crippen MR) is 100 cm³/mol. The maximum Gasteiger partial charge on any atom is 0.232 e. The minimum atomic E-state index is -0.276. The lowest BCUT2D eigenvalue weighted by molar-refractivity contribution is -0.115. The average molecular weight is 410 g/mol. The summed E-state index contributed by atoms with van der Waals surface area (Å²) in [6, 6.07) is 5.35. The number of aromatic nitrogens is 4. The Balaban J connectivity index is 1.67. The first kappa shape index (κ1) is 18.5. The zero-order chi connectivity index (χ0) is 18.7. The molecule has 0 aliphatic carbocycles. The van der Waals surface area contributed by atoms with Gasteiger partial charge in [0.1, 0.15) is 0 Å². The Morgan fingerprint density at radius 3 is 2.85 bits per heavy atom. The van der Waals surface area contributed by atoms with Crippen molar-refractivity contribution in [3.63, 3.8) is 0 Å². The molecule has 0 bridgehead atoms. The fourth-order valence-electron chi connectivity index (χ4n) is 2.24. The van der Waals surface area contributed by atoms with Crippen LogP contribution < -0.4 is 5.32 Å². The third-order valence-electron chi connectivity index (χ3n) is 3.61. The van der Waals surface area contributed by atoms with E-state index in [0.717, 1.165) is 22.6 Å². The highest BCUT2D eigenvalue weighted by molar-refractivity contribution is 7.17. The van der Waals surface area contributed by atoms with Crippen LogP contribution in [0.2, 0.25) is 10.0 Å². The lowest BCUT2D eigenvalue weighted by atomic mass is 10.2. The van der Waals surface area contributed by atoms with E-state index >= 15 is 0 Å². The van der Waals surface area contributed by atoms with Crippen molar-refractivity contribution >= 4 is 51.9 Å². The predicted octanol–water partition coefficient (Wildman–Crippen LogP) is 3.39. The van der Waals surface area contributed by atoms with E-state index < -0.39 is 0 Å². The molecular formula is C16H13Cl2N5O2S. The smallest absolute Gasteiger partial charge is 0.232 e. The number of anilines is 1. The van der Waals surface area contributed by atoms with E-state index in [0.29, 0.717) is 38.6 Å². The van der Waals surface area contributed by atoms with Gasteiger partial charge >= 0.3 is 0 Å². The monoisotopic (exact) mass is 409 g/mol. The molecule has 10 heteroatoms. The van der Waals surface area contributed by atoms with Crippen molar-refractivity contribution in [2.24, 2.45) is 0 Å². The number of carbonyl (C=O) groups excluding carboxylic acids is 2. The van der Waals surface area contributed by atoms with E-state index in [2.05, 4.69) is 20.6 Å². The van der Waals surface area contributed by atoms with Gasteiger partial charge in [0.25, 0.3) is 0 Å². The zero-order valence-electron chi connectivity index (χ0n) is 13.6. The van der Waals surface area contributed by atoms with Gasteiger partial charge in [-0.2, -0.15) is 0 Å². The number of aldehydes is 1. The normalized spacial score (nSPS) is 10.7. The summed E-state index contributed by atoms with van der Waals surface area (Å²) in [6.07, 6.45) is 2.15. The fourth-order valence-corrected chi connectivity index (χ4v) is 3.20. The number of halogens is 2. The second kappa shape index (κ2) is 7.94. The number of thiazole rings is 1. The van der Waals surface area contributed by atoms with Crippen LogP contribution in [0.15, 0.2) is 24.4 Å². The van der Waals surface area contributed by atoms with Gasteiger partial charge in [-0.1, -0.05) is 45.8 Å². The molecule has 1 aromatic carbocycles. The maximum atomic E-state index is 12.1. The molecule has 26 heavy (non-hydrogen) atoms. The first-order valence-electron chi connectivity index (χ1n) is 7.50. The van der Waals surface area contributed by atoms with Crippen LogP contribution in [0.5, 0.6) is 0 Å². The molecular weight excluding hydrogens is 397 g/mol. The largest absolute Gasteiger partial charge is 0.302 e. The summed E-state index contributed by atoms with van der Waals surface area (Å²) in [4.78, 5) is 27.2. The van der Waals surface area contributed by atoms with E-state index in [1.54, 1.807) is 16.8 Å². The SMILES string of the molecule is Cc1c(CC(=O)Nc2ncc(C=O)s2)nnn1Cc1ccc(Cl)c(Cl)c1. The Kier molecular flexibility index (Phi) is 5.65. The van der Waals surface area contributed by atoms with Crippen molar-refractivity contribution in [1.82, 2.24) is 20.0 Å². The second-order valence-electron chi connectivity index (χ2n) is 5.44. The molecule has 0 saturated heterocycles. The van der Waals surface area contributed by atoms with Crippen LogP contribution in [0.25, 0.3) is 0 Å². The minimum absolute atomic E-state index is 0.0587.